The van der Waals surface area contributed by atoms with Gasteiger partial charge in [-0.25, -0.2) is 0 Å². The maximum atomic E-state index is 4.06. The Labute approximate surface area is 66.0 Å². The van der Waals surface area contributed by atoms with Crippen LogP contribution in [0, 0.1) is 24.7 Å². The van der Waals surface area contributed by atoms with Crippen LogP contribution in [0.25, 0.3) is 0 Å². The third-order valence-electron chi connectivity index (χ3n) is 2.10. The molecule has 0 aromatic rings. The van der Waals surface area contributed by atoms with Crippen LogP contribution in [0.1, 0.15) is 40.5 Å². The molecule has 0 heteroatoms. The predicted molar refractivity (Wildman–Crippen MR) is 47.8 cm³/mol. The molecule has 0 amide bonds. The van der Waals surface area contributed by atoms with E-state index in [0.717, 1.165) is 11.8 Å². The van der Waals surface area contributed by atoms with Crippen LogP contribution in [-0.4, -0.2) is 0 Å². The van der Waals surface area contributed by atoms with Crippen molar-refractivity contribution in [3.05, 3.63) is 6.92 Å². The quantitative estimate of drug-likeness (QED) is 0.562. The van der Waals surface area contributed by atoms with Gasteiger partial charge in [0.1, 0.15) is 0 Å². The van der Waals surface area contributed by atoms with Crippen LogP contribution in [-0.2, 0) is 0 Å². The van der Waals surface area contributed by atoms with Crippen LogP contribution in [0.4, 0.5) is 0 Å². The maximum absolute atomic E-state index is 4.06. The van der Waals surface area contributed by atoms with Crippen LogP contribution in [0.2, 0.25) is 0 Å². The first kappa shape index (κ1) is 10.0. The zero-order chi connectivity index (χ0) is 8.15. The van der Waals surface area contributed by atoms with Gasteiger partial charge in [0.05, 0.1) is 0 Å². The summed E-state index contributed by atoms with van der Waals surface area (Å²) < 4.78 is 0. The summed E-state index contributed by atoms with van der Waals surface area (Å²) in [6, 6.07) is 0. The summed E-state index contributed by atoms with van der Waals surface area (Å²) in [5.74, 6) is 2.28. The van der Waals surface area contributed by atoms with E-state index in [-0.39, 0.29) is 0 Å². The maximum Gasteiger partial charge on any atom is -0.0389 e. The highest BCUT2D eigenvalue weighted by Crippen LogP contribution is 2.22. The van der Waals surface area contributed by atoms with Crippen LogP contribution in [0.15, 0.2) is 0 Å². The second-order valence-electron chi connectivity index (χ2n) is 3.78. The molecule has 2 atom stereocenters. The molecule has 0 spiro atoms. The number of hydrogen-bond donors (Lipinski definition) is 0. The summed E-state index contributed by atoms with van der Waals surface area (Å²) in [6.07, 6.45) is 2.62. The van der Waals surface area contributed by atoms with E-state index in [1.165, 1.54) is 12.8 Å². The van der Waals surface area contributed by atoms with Crippen LogP contribution < -0.4 is 0 Å². The summed E-state index contributed by atoms with van der Waals surface area (Å²) in [7, 11) is 0. The first-order valence-electron chi connectivity index (χ1n) is 4.41. The van der Waals surface area contributed by atoms with Gasteiger partial charge in [0.2, 0.25) is 0 Å². The predicted octanol–water partition coefficient (Wildman–Crippen LogP) is 3.53. The van der Waals surface area contributed by atoms with E-state index in [0.29, 0.717) is 5.92 Å². The summed E-state index contributed by atoms with van der Waals surface area (Å²) in [5, 5.41) is 0. The van der Waals surface area contributed by atoms with E-state index in [2.05, 4.69) is 34.6 Å². The topological polar surface area (TPSA) is 0 Å². The molecule has 0 aliphatic carbocycles. The minimum Gasteiger partial charge on any atom is -0.0651 e. The molecule has 0 nitrogen and oxygen atoms in total. The lowest BCUT2D eigenvalue weighted by Crippen LogP contribution is -2.10. The fraction of sp³-hybridized carbons (Fsp3) is 0.900. The first-order chi connectivity index (χ1) is 4.57. The molecule has 0 aromatic heterocycles. The summed E-state index contributed by atoms with van der Waals surface area (Å²) in [6.45, 7) is 13.1. The van der Waals surface area contributed by atoms with Crippen LogP contribution in [0.3, 0.4) is 0 Å². The monoisotopic (exact) mass is 141 g/mol. The van der Waals surface area contributed by atoms with Crippen molar-refractivity contribution in [1.29, 1.82) is 0 Å². The standard InChI is InChI=1S/C10H21/c1-6-10(9(4)5)7-8(2)3/h8-10H,4,6-7H2,1-3,5H3. The number of rotatable bonds is 4. The Balaban J connectivity index is 3.60. The van der Waals surface area contributed by atoms with Gasteiger partial charge in [-0.3, -0.25) is 0 Å². The molecule has 0 aliphatic rings. The van der Waals surface area contributed by atoms with Crippen LogP contribution >= 0.6 is 0 Å². The molecule has 1 radical (unpaired) electrons. The van der Waals surface area contributed by atoms with Gasteiger partial charge in [0.25, 0.3) is 0 Å². The van der Waals surface area contributed by atoms with Crippen molar-refractivity contribution >= 4 is 0 Å². The van der Waals surface area contributed by atoms with E-state index in [1.54, 1.807) is 0 Å². The molecule has 0 heterocycles. The molecule has 10 heavy (non-hydrogen) atoms. The fourth-order valence-electron chi connectivity index (χ4n) is 1.41. The van der Waals surface area contributed by atoms with E-state index in [4.69, 9.17) is 0 Å². The molecule has 0 aromatic carbocycles. The van der Waals surface area contributed by atoms with Gasteiger partial charge in [-0.05, 0) is 24.2 Å². The molecule has 0 saturated heterocycles. The zero-order valence-corrected chi connectivity index (χ0v) is 7.85. The highest BCUT2D eigenvalue weighted by molar-refractivity contribution is 4.67. The molecular weight excluding hydrogens is 120 g/mol. The van der Waals surface area contributed by atoms with Gasteiger partial charge >= 0.3 is 0 Å². The van der Waals surface area contributed by atoms with Gasteiger partial charge < -0.3 is 0 Å². The summed E-state index contributed by atoms with van der Waals surface area (Å²) >= 11 is 0. The SMILES string of the molecule is [CH2]C(C)C(CC)CC(C)C. The molecule has 61 valence electrons. The van der Waals surface area contributed by atoms with Crippen molar-refractivity contribution in [2.45, 2.75) is 40.5 Å². The van der Waals surface area contributed by atoms with Gasteiger partial charge in [-0.15, -0.1) is 0 Å². The number of hydrogen-bond acceptors (Lipinski definition) is 0. The lowest BCUT2D eigenvalue weighted by atomic mass is 9.86. The van der Waals surface area contributed by atoms with Crippen molar-refractivity contribution < 1.29 is 0 Å². The van der Waals surface area contributed by atoms with E-state index < -0.39 is 0 Å². The Kier molecular flexibility index (Phi) is 4.76. The lowest BCUT2D eigenvalue weighted by molar-refractivity contribution is 0.330. The van der Waals surface area contributed by atoms with Crippen molar-refractivity contribution in [2.24, 2.45) is 17.8 Å². The third-order valence-corrected chi connectivity index (χ3v) is 2.10. The Hall–Kier alpha value is 0. The van der Waals surface area contributed by atoms with Gasteiger partial charge in [-0.2, -0.15) is 0 Å². The second-order valence-corrected chi connectivity index (χ2v) is 3.78. The molecule has 0 N–H and O–H groups in total. The fourth-order valence-corrected chi connectivity index (χ4v) is 1.41. The summed E-state index contributed by atoms with van der Waals surface area (Å²) in [5.41, 5.74) is 0. The molecule has 0 fully saturated rings. The molecule has 0 rings (SSSR count). The third kappa shape index (κ3) is 3.92. The van der Waals surface area contributed by atoms with E-state index in [1.807, 2.05) is 0 Å². The molecule has 2 unspecified atom stereocenters. The van der Waals surface area contributed by atoms with Crippen molar-refractivity contribution in [3.8, 4) is 0 Å². The smallest absolute Gasteiger partial charge is 0.0389 e. The highest BCUT2D eigenvalue weighted by atomic mass is 14.2. The Bertz CT molecular complexity index is 72.1. The van der Waals surface area contributed by atoms with Crippen molar-refractivity contribution in [3.63, 3.8) is 0 Å². The van der Waals surface area contributed by atoms with Gasteiger partial charge in [0.15, 0.2) is 0 Å². The van der Waals surface area contributed by atoms with Crippen molar-refractivity contribution in [2.75, 3.05) is 0 Å². The van der Waals surface area contributed by atoms with Crippen molar-refractivity contribution in [1.82, 2.24) is 0 Å². The average molecular weight is 141 g/mol. The van der Waals surface area contributed by atoms with Crippen LogP contribution in [0.5, 0.6) is 0 Å². The molecule has 0 bridgehead atoms. The normalized spacial score (nSPS) is 14.7. The Morgan fingerprint density at radius 1 is 1.20 bits per heavy atom. The summed E-state index contributed by atoms with van der Waals surface area (Å²) in [4.78, 5) is 0. The minimum absolute atomic E-state index is 0.618. The van der Waals surface area contributed by atoms with E-state index in [9.17, 15) is 0 Å². The largest absolute Gasteiger partial charge is 0.0651 e. The lowest BCUT2D eigenvalue weighted by Gasteiger charge is -2.20. The van der Waals surface area contributed by atoms with E-state index >= 15 is 0 Å². The minimum atomic E-state index is 0.618. The average Bonchev–Trinajstić information content (AvgIpc) is 1.81. The zero-order valence-electron chi connectivity index (χ0n) is 7.85. The molecule has 0 saturated carbocycles. The molecule has 0 aliphatic heterocycles. The second kappa shape index (κ2) is 4.76. The highest BCUT2D eigenvalue weighted by Gasteiger charge is 2.11. The Morgan fingerprint density at radius 3 is 1.80 bits per heavy atom. The van der Waals surface area contributed by atoms with Gasteiger partial charge in [0, 0.05) is 0 Å². The van der Waals surface area contributed by atoms with Gasteiger partial charge in [-0.1, -0.05) is 41.0 Å². The Morgan fingerprint density at radius 2 is 1.70 bits per heavy atom. The molecular formula is C10H21. The first-order valence-corrected chi connectivity index (χ1v) is 4.41.